The van der Waals surface area contributed by atoms with Gasteiger partial charge in [0.15, 0.2) is 0 Å². The van der Waals surface area contributed by atoms with E-state index in [1.54, 1.807) is 13.0 Å². The zero-order chi connectivity index (χ0) is 12.4. The highest BCUT2D eigenvalue weighted by molar-refractivity contribution is 6.35. The van der Waals surface area contributed by atoms with Crippen LogP contribution in [0.1, 0.15) is 6.92 Å². The summed E-state index contributed by atoms with van der Waals surface area (Å²) in [6, 6.07) is 7.62. The van der Waals surface area contributed by atoms with Gasteiger partial charge in [0.05, 0.1) is 0 Å². The monoisotopic (exact) mass is 249 g/mol. The van der Waals surface area contributed by atoms with Crippen LogP contribution in [0, 0.1) is 0 Å². The second kappa shape index (κ2) is 4.63. The molecule has 2 aromatic rings. The number of nitrogens with zero attached hydrogens (tertiary/aromatic N) is 1. The van der Waals surface area contributed by atoms with Crippen molar-refractivity contribution in [2.24, 2.45) is 0 Å². The van der Waals surface area contributed by atoms with Crippen LogP contribution in [0.2, 0.25) is 5.02 Å². The normalized spacial score (nSPS) is 12.0. The highest BCUT2D eigenvalue weighted by Crippen LogP contribution is 2.24. The summed E-state index contributed by atoms with van der Waals surface area (Å²) in [5, 5.41) is 10.5. The molecule has 0 aliphatic heterocycles. The van der Waals surface area contributed by atoms with Crippen molar-refractivity contribution in [1.29, 1.82) is 0 Å². The number of rotatable bonds is 3. The van der Waals surface area contributed by atoms with Crippen LogP contribution < -0.4 is 0 Å². The smallest absolute Gasteiger partial charge is 0.331 e. The third-order valence-corrected chi connectivity index (χ3v) is 3.02. The molecular weight excluding hydrogens is 238 g/mol. The maximum atomic E-state index is 10.7. The zero-order valence-corrected chi connectivity index (χ0v) is 10.1. The van der Waals surface area contributed by atoms with E-state index in [1.807, 2.05) is 35.0 Å². The van der Waals surface area contributed by atoms with E-state index in [1.165, 1.54) is 0 Å². The van der Waals surface area contributed by atoms with Gasteiger partial charge in [-0.1, -0.05) is 23.7 Å². The van der Waals surface area contributed by atoms with Gasteiger partial charge in [-0.3, -0.25) is 0 Å². The van der Waals surface area contributed by atoms with Crippen molar-refractivity contribution in [3.05, 3.63) is 47.1 Å². The molecule has 0 saturated heterocycles. The number of halogens is 1. The van der Waals surface area contributed by atoms with Crippen molar-refractivity contribution in [3.63, 3.8) is 0 Å². The Balaban J connectivity index is 2.35. The molecule has 1 N–H and O–H groups in total. The van der Waals surface area contributed by atoms with Crippen molar-refractivity contribution in [1.82, 2.24) is 4.57 Å². The van der Waals surface area contributed by atoms with Crippen molar-refractivity contribution in [2.75, 3.05) is 0 Å². The lowest BCUT2D eigenvalue weighted by molar-refractivity contribution is -0.132. The average Bonchev–Trinajstić information content (AvgIpc) is 2.70. The molecular formula is C13H12ClNO2. The molecule has 0 unspecified atom stereocenters. The number of fused-ring (bicyclic) bond motifs is 1. The number of carboxylic acids is 1. The highest BCUT2D eigenvalue weighted by Gasteiger charge is 2.04. The van der Waals surface area contributed by atoms with Crippen LogP contribution in [0.5, 0.6) is 0 Å². The Morgan fingerprint density at radius 2 is 2.24 bits per heavy atom. The quantitative estimate of drug-likeness (QED) is 0.848. The van der Waals surface area contributed by atoms with Crippen molar-refractivity contribution >= 4 is 28.5 Å². The molecule has 0 spiro atoms. The first-order valence-corrected chi connectivity index (χ1v) is 5.61. The number of carbonyl (C=O) groups is 1. The predicted octanol–water partition coefficient (Wildman–Crippen LogP) is 3.33. The Morgan fingerprint density at radius 3 is 2.94 bits per heavy atom. The predicted molar refractivity (Wildman–Crippen MR) is 68.3 cm³/mol. The second-order valence-electron chi connectivity index (χ2n) is 3.83. The molecule has 17 heavy (non-hydrogen) atoms. The molecule has 4 heteroatoms. The molecule has 0 aliphatic rings. The van der Waals surface area contributed by atoms with Crippen LogP contribution in [-0.2, 0) is 11.3 Å². The van der Waals surface area contributed by atoms with Crippen LogP contribution in [-0.4, -0.2) is 15.6 Å². The lowest BCUT2D eigenvalue weighted by atomic mass is 10.2. The number of allylic oxidation sites excluding steroid dienone is 1. The fourth-order valence-electron chi connectivity index (χ4n) is 1.67. The van der Waals surface area contributed by atoms with Crippen molar-refractivity contribution in [3.8, 4) is 0 Å². The molecule has 0 fully saturated rings. The van der Waals surface area contributed by atoms with Gasteiger partial charge in [-0.2, -0.15) is 0 Å². The van der Waals surface area contributed by atoms with Gasteiger partial charge in [0.25, 0.3) is 0 Å². The largest absolute Gasteiger partial charge is 0.478 e. The SMILES string of the molecule is CC(=CCn1ccc2c(Cl)cccc21)C(=O)O. The van der Waals surface area contributed by atoms with Crippen LogP contribution in [0.15, 0.2) is 42.1 Å². The molecule has 0 bridgehead atoms. The summed E-state index contributed by atoms with van der Waals surface area (Å²) in [6.45, 7) is 2.11. The van der Waals surface area contributed by atoms with Crippen LogP contribution in [0.4, 0.5) is 0 Å². The lowest BCUT2D eigenvalue weighted by Gasteiger charge is -2.02. The summed E-state index contributed by atoms with van der Waals surface area (Å²) in [5.41, 5.74) is 1.35. The third kappa shape index (κ3) is 2.34. The van der Waals surface area contributed by atoms with Crippen molar-refractivity contribution in [2.45, 2.75) is 13.5 Å². The molecule has 1 aromatic heterocycles. The van der Waals surface area contributed by atoms with Gasteiger partial charge < -0.3 is 9.67 Å². The van der Waals surface area contributed by atoms with E-state index in [2.05, 4.69) is 0 Å². The average molecular weight is 250 g/mol. The fraction of sp³-hybridized carbons (Fsp3) is 0.154. The molecule has 1 heterocycles. The first-order valence-electron chi connectivity index (χ1n) is 5.23. The number of hydrogen-bond acceptors (Lipinski definition) is 1. The van der Waals surface area contributed by atoms with Gasteiger partial charge >= 0.3 is 5.97 Å². The van der Waals surface area contributed by atoms with Gasteiger partial charge in [-0.15, -0.1) is 0 Å². The first-order chi connectivity index (χ1) is 8.09. The summed E-state index contributed by atoms with van der Waals surface area (Å²) in [7, 11) is 0. The Kier molecular flexibility index (Phi) is 3.20. The second-order valence-corrected chi connectivity index (χ2v) is 4.24. The minimum atomic E-state index is -0.889. The van der Waals surface area contributed by atoms with Gasteiger partial charge in [0.2, 0.25) is 0 Å². The van der Waals surface area contributed by atoms with E-state index in [-0.39, 0.29) is 0 Å². The van der Waals surface area contributed by atoms with Crippen molar-refractivity contribution < 1.29 is 9.90 Å². The molecule has 1 aromatic carbocycles. The Hall–Kier alpha value is -1.74. The van der Waals surface area contributed by atoms with Crippen LogP contribution in [0.25, 0.3) is 10.9 Å². The maximum absolute atomic E-state index is 10.7. The third-order valence-electron chi connectivity index (χ3n) is 2.69. The van der Waals surface area contributed by atoms with Gasteiger partial charge in [-0.25, -0.2) is 4.79 Å². The van der Waals surface area contributed by atoms with Gasteiger partial charge in [0, 0.05) is 34.2 Å². The van der Waals surface area contributed by atoms with Crippen LogP contribution in [0.3, 0.4) is 0 Å². The maximum Gasteiger partial charge on any atom is 0.331 e. The lowest BCUT2D eigenvalue weighted by Crippen LogP contribution is -1.99. The first kappa shape index (κ1) is 11.7. The molecule has 0 aliphatic carbocycles. The van der Waals surface area contributed by atoms with Gasteiger partial charge in [0.1, 0.15) is 0 Å². The van der Waals surface area contributed by atoms with E-state index >= 15 is 0 Å². The van der Waals surface area contributed by atoms with E-state index in [0.29, 0.717) is 17.1 Å². The molecule has 88 valence electrons. The van der Waals surface area contributed by atoms with E-state index in [4.69, 9.17) is 16.7 Å². The molecule has 2 rings (SSSR count). The molecule has 0 radical (unpaired) electrons. The highest BCUT2D eigenvalue weighted by atomic mass is 35.5. The minimum Gasteiger partial charge on any atom is -0.478 e. The summed E-state index contributed by atoms with van der Waals surface area (Å²) >= 11 is 6.06. The summed E-state index contributed by atoms with van der Waals surface area (Å²) in [4.78, 5) is 10.7. The number of aliphatic carboxylic acids is 1. The summed E-state index contributed by atoms with van der Waals surface area (Å²) in [6.07, 6.45) is 3.59. The Labute approximate surface area is 104 Å². The Bertz CT molecular complexity index is 598. The summed E-state index contributed by atoms with van der Waals surface area (Å²) in [5.74, 6) is -0.889. The van der Waals surface area contributed by atoms with E-state index in [0.717, 1.165) is 10.9 Å². The molecule has 3 nitrogen and oxygen atoms in total. The van der Waals surface area contributed by atoms with Crippen LogP contribution >= 0.6 is 11.6 Å². The minimum absolute atomic E-state index is 0.342. The molecule has 0 saturated carbocycles. The zero-order valence-electron chi connectivity index (χ0n) is 9.35. The number of carboxylic acid groups (broad SMARTS) is 1. The standard InChI is InChI=1S/C13H12ClNO2/c1-9(13(16)17)5-7-15-8-6-10-11(14)3-2-4-12(10)15/h2-6,8H,7H2,1H3,(H,16,17). The molecule has 0 amide bonds. The Morgan fingerprint density at radius 1 is 1.47 bits per heavy atom. The topological polar surface area (TPSA) is 42.2 Å². The number of hydrogen-bond donors (Lipinski definition) is 1. The molecule has 0 atom stereocenters. The fourth-order valence-corrected chi connectivity index (χ4v) is 1.90. The number of benzene rings is 1. The summed E-state index contributed by atoms with van der Waals surface area (Å²) < 4.78 is 1.97. The van der Waals surface area contributed by atoms with E-state index in [9.17, 15) is 4.79 Å². The van der Waals surface area contributed by atoms with E-state index < -0.39 is 5.97 Å². The number of aromatic nitrogens is 1. The van der Waals surface area contributed by atoms with Gasteiger partial charge in [-0.05, 0) is 25.1 Å².